The van der Waals surface area contributed by atoms with E-state index in [1.54, 1.807) is 121 Å². The average molecular weight is 2000 g/mol. The number of benzene rings is 18. The molecule has 0 aromatic heterocycles. The Balaban J connectivity index is 0.000000146. The molecule has 0 atom stereocenters. The quantitative estimate of drug-likeness (QED) is 0.0235. The molecule has 0 fully saturated rings. The van der Waals surface area contributed by atoms with E-state index in [2.05, 4.69) is 146 Å². The number of phenolic OH excluding ortho intramolecular Hbond substituents is 13. The maximum absolute atomic E-state index is 12.1. The predicted molar refractivity (Wildman–Crippen MR) is 577 cm³/mol. The van der Waals surface area contributed by atoms with Crippen molar-refractivity contribution in [2.45, 2.75) is 115 Å². The fraction of sp³-hybridized carbons (Fsp3) is 0.127. The van der Waals surface area contributed by atoms with Gasteiger partial charge in [-0.15, -0.1) is 0 Å². The molecule has 1 aliphatic rings. The van der Waals surface area contributed by atoms with Gasteiger partial charge in [-0.1, -0.05) is 273 Å². The van der Waals surface area contributed by atoms with Gasteiger partial charge in [0, 0.05) is 31.5 Å². The Morgan fingerprint density at radius 1 is 0.259 bits per heavy atom. The summed E-state index contributed by atoms with van der Waals surface area (Å²) in [6, 6.07) is 132. The number of aromatic hydroxyl groups is 13. The standard InChI is InChI=1S/C29H28O3.C25H18O2.C24H26O2.C14H12O3.C12H10O4S.C12H10O2S.C10H12O3/c1-28(2,21-8-14-25(30)15-9-21)20-4-6-22(7-5-20)29(3,23-10-16-26(31)17-11-23)24-12-18-27(32)19-13-24;26-19-13-9-17(10-14-19)25(18-11-15-20(27)16-12-18)23-7-3-1-5-21(23)22-6-2-4-8-24(22)25;1-23(2,19-9-13-21(25)14-10-19)17-5-7-18(8-6-17)24(3,4)20-11-15-22(26)16-12-20;15-13-8-6-12(7-9-13)14(16)17-10-11-4-2-1-3-5-11;13-9-1-5-11(6-2-9)17(15,16)12-7-3-10(14)4-8-12;13-9-1-5-11(6-2-9)15-12-7-3-10(14)4-8-12;1-2-7-13-10(12)8-3-5-9(11)6-4-8/h4-19,30-32H,1-3H3;1-16,26-27H;5-16,25-26H,1-4H3;1-9,15H,10H2;1-8,13-14H;1-8,13-14H;3-6,11H,2,7H2,1H3. The molecule has 13 N–H and O–H groups in total. The first kappa shape index (κ1) is 107. The molecule has 0 unspecified atom stereocenters. The molecular formula is C126H116O19S2. The zero-order valence-electron chi connectivity index (χ0n) is 82.3. The summed E-state index contributed by atoms with van der Waals surface area (Å²) >= 11 is 1.58. The highest BCUT2D eigenvalue weighted by atomic mass is 32.2. The molecule has 18 aromatic carbocycles. The molecule has 19 rings (SSSR count). The molecule has 21 heteroatoms. The molecule has 147 heavy (non-hydrogen) atoms. The number of phenols is 13. The van der Waals surface area contributed by atoms with Gasteiger partial charge in [0.1, 0.15) is 81.4 Å². The van der Waals surface area contributed by atoms with Crippen LogP contribution in [0.5, 0.6) is 74.7 Å². The summed E-state index contributed by atoms with van der Waals surface area (Å²) in [5.74, 6) is 1.88. The van der Waals surface area contributed by atoms with Crippen LogP contribution in [0.15, 0.2) is 462 Å². The minimum atomic E-state index is -3.59. The van der Waals surface area contributed by atoms with Crippen LogP contribution in [-0.2, 0) is 53.0 Å². The van der Waals surface area contributed by atoms with Crippen LogP contribution >= 0.6 is 11.8 Å². The minimum Gasteiger partial charge on any atom is -0.508 e. The van der Waals surface area contributed by atoms with Crippen LogP contribution in [0.3, 0.4) is 0 Å². The van der Waals surface area contributed by atoms with Crippen molar-refractivity contribution in [3.05, 3.63) is 532 Å². The number of carbonyl (C=O) groups excluding carboxylic acids is 2. The summed E-state index contributed by atoms with van der Waals surface area (Å²) in [5, 5.41) is 122. The molecule has 0 aliphatic heterocycles. The van der Waals surface area contributed by atoms with Gasteiger partial charge in [0.25, 0.3) is 0 Å². The van der Waals surface area contributed by atoms with Crippen LogP contribution in [0, 0.1) is 0 Å². The Morgan fingerprint density at radius 3 is 0.755 bits per heavy atom. The lowest BCUT2D eigenvalue weighted by atomic mass is 9.68. The van der Waals surface area contributed by atoms with Gasteiger partial charge >= 0.3 is 11.9 Å². The SMILES string of the molecule is CC(C)(c1ccc(O)cc1)c1ccc(C(C)(C)c2ccc(O)cc2)cc1.CC(C)(c1ccc(O)cc1)c1ccc(C(C)(c2ccc(O)cc2)c2ccc(O)cc2)cc1.CCCOC(=O)c1ccc(O)cc1.O=C(OCc1ccccc1)c1ccc(O)cc1.O=S(=O)(c1ccc(O)cc1)c1ccc(O)cc1.Oc1ccc(C2(c3ccc(O)cc3)c3ccccc3-c3ccccc32)cc1.Oc1ccc(Sc2ccc(O)cc2)cc1. The van der Waals surface area contributed by atoms with E-state index in [1.807, 2.05) is 146 Å². The molecule has 0 radical (unpaired) electrons. The number of carbonyl (C=O) groups is 2. The number of hydrogen-bond donors (Lipinski definition) is 13. The summed E-state index contributed by atoms with van der Waals surface area (Å²) in [4.78, 5) is 25.1. The third-order valence-electron chi connectivity index (χ3n) is 25.8. The van der Waals surface area contributed by atoms with Crippen LogP contribution in [-0.4, -0.2) is 93.3 Å². The lowest BCUT2D eigenvalue weighted by Gasteiger charge is -2.33. The van der Waals surface area contributed by atoms with Crippen molar-refractivity contribution in [3.63, 3.8) is 0 Å². The maximum atomic E-state index is 12.1. The smallest absolute Gasteiger partial charge is 0.338 e. The second-order valence-corrected chi connectivity index (χ2v) is 39.8. The Hall–Kier alpha value is -17.4. The average Bonchev–Trinajstić information content (AvgIpc) is 1.54. The largest absolute Gasteiger partial charge is 0.508 e. The first-order chi connectivity index (χ1) is 70.3. The van der Waals surface area contributed by atoms with E-state index in [1.165, 1.54) is 147 Å². The fourth-order valence-electron chi connectivity index (χ4n) is 17.0. The van der Waals surface area contributed by atoms with Gasteiger partial charge in [0.2, 0.25) is 9.84 Å². The molecule has 1 aliphatic carbocycles. The molecule has 0 spiro atoms. The van der Waals surface area contributed by atoms with Crippen molar-refractivity contribution < 1.29 is 93.9 Å². The zero-order valence-corrected chi connectivity index (χ0v) is 84.0. The van der Waals surface area contributed by atoms with Gasteiger partial charge in [0.05, 0.1) is 32.9 Å². The van der Waals surface area contributed by atoms with Crippen LogP contribution < -0.4 is 0 Å². The second-order valence-electron chi connectivity index (χ2n) is 36.7. The van der Waals surface area contributed by atoms with Crippen molar-refractivity contribution >= 4 is 33.5 Å². The number of sulfone groups is 1. The Kier molecular flexibility index (Phi) is 35.0. The Morgan fingerprint density at radius 2 is 0.476 bits per heavy atom. The van der Waals surface area contributed by atoms with Gasteiger partial charge in [-0.05, 0) is 333 Å². The molecule has 18 aromatic rings. The van der Waals surface area contributed by atoms with Crippen molar-refractivity contribution in [1.29, 1.82) is 0 Å². The first-order valence-electron chi connectivity index (χ1n) is 47.4. The summed E-state index contributed by atoms with van der Waals surface area (Å²) < 4.78 is 34.2. The predicted octanol–water partition coefficient (Wildman–Crippen LogP) is 27.6. The topological polar surface area (TPSA) is 350 Å². The second kappa shape index (κ2) is 48.1. The summed E-state index contributed by atoms with van der Waals surface area (Å²) in [6.07, 6.45) is 0.809. The van der Waals surface area contributed by atoms with E-state index in [0.29, 0.717) is 17.7 Å². The molecule has 19 nitrogen and oxygen atoms in total. The summed E-state index contributed by atoms with van der Waals surface area (Å²) in [6.45, 7) is 17.9. The molecular weight excluding hydrogens is 1880 g/mol. The van der Waals surface area contributed by atoms with Crippen molar-refractivity contribution in [3.8, 4) is 85.9 Å². The van der Waals surface area contributed by atoms with Gasteiger partial charge < -0.3 is 75.9 Å². The lowest BCUT2D eigenvalue weighted by molar-refractivity contribution is 0.0470. The number of hydrogen-bond acceptors (Lipinski definition) is 20. The highest BCUT2D eigenvalue weighted by Crippen LogP contribution is 2.57. The summed E-state index contributed by atoms with van der Waals surface area (Å²) in [7, 11) is -3.59. The van der Waals surface area contributed by atoms with E-state index in [4.69, 9.17) is 40.1 Å². The summed E-state index contributed by atoms with van der Waals surface area (Å²) in [5.41, 5.74) is 17.7. The maximum Gasteiger partial charge on any atom is 0.338 e. The normalized spacial score (nSPS) is 11.6. The zero-order chi connectivity index (χ0) is 105. The van der Waals surface area contributed by atoms with Gasteiger partial charge in [0.15, 0.2) is 0 Å². The van der Waals surface area contributed by atoms with Gasteiger partial charge in [-0.2, -0.15) is 0 Å². The lowest BCUT2D eigenvalue weighted by Crippen LogP contribution is -2.28. The molecule has 0 heterocycles. The molecule has 0 bridgehead atoms. The molecule has 0 saturated heterocycles. The third-order valence-corrected chi connectivity index (χ3v) is 28.6. The van der Waals surface area contributed by atoms with E-state index in [9.17, 15) is 53.8 Å². The van der Waals surface area contributed by atoms with Crippen LogP contribution in [0.1, 0.15) is 160 Å². The van der Waals surface area contributed by atoms with Crippen LogP contribution in [0.2, 0.25) is 0 Å². The van der Waals surface area contributed by atoms with Gasteiger partial charge in [-0.3, -0.25) is 0 Å². The highest BCUT2D eigenvalue weighted by Gasteiger charge is 2.46. The van der Waals surface area contributed by atoms with Crippen molar-refractivity contribution in [1.82, 2.24) is 0 Å². The van der Waals surface area contributed by atoms with Gasteiger partial charge in [-0.25, -0.2) is 18.0 Å². The van der Waals surface area contributed by atoms with Crippen LogP contribution in [0.4, 0.5) is 0 Å². The highest BCUT2D eigenvalue weighted by molar-refractivity contribution is 7.99. The van der Waals surface area contributed by atoms with E-state index in [-0.39, 0.29) is 113 Å². The number of ether oxygens (including phenoxy) is 2. The number of esters is 2. The first-order valence-corrected chi connectivity index (χ1v) is 49.7. The third kappa shape index (κ3) is 26.7. The molecule has 0 amide bonds. The fourth-order valence-corrected chi connectivity index (χ4v) is 19.1. The van der Waals surface area contributed by atoms with Crippen LogP contribution in [0.25, 0.3) is 11.1 Å². The monoisotopic (exact) mass is 2000 g/mol. The van der Waals surface area contributed by atoms with E-state index >= 15 is 0 Å². The number of fused-ring (bicyclic) bond motifs is 3. The molecule has 746 valence electrons. The molecule has 0 saturated carbocycles. The van der Waals surface area contributed by atoms with E-state index < -0.39 is 26.6 Å². The van der Waals surface area contributed by atoms with Crippen molar-refractivity contribution in [2.24, 2.45) is 0 Å². The Bertz CT molecular complexity index is 7140. The number of rotatable bonds is 21. The van der Waals surface area contributed by atoms with Crippen molar-refractivity contribution in [2.75, 3.05) is 6.61 Å². The Labute approximate surface area is 861 Å². The minimum absolute atomic E-state index is 0.00894. The van der Waals surface area contributed by atoms with E-state index in [0.717, 1.165) is 55.2 Å².